The Labute approximate surface area is 94.5 Å². The van der Waals surface area contributed by atoms with Gasteiger partial charge in [-0.15, -0.1) is 0 Å². The normalized spacial score (nSPS) is 12.1. The van der Waals surface area contributed by atoms with E-state index in [1.807, 2.05) is 13.8 Å². The van der Waals surface area contributed by atoms with E-state index in [1.165, 1.54) is 18.5 Å². The van der Waals surface area contributed by atoms with E-state index in [2.05, 4.69) is 10.3 Å². The molecular weight excluding hydrogens is 208 g/mol. The van der Waals surface area contributed by atoms with Gasteiger partial charge in [0.2, 0.25) is 0 Å². The predicted octanol–water partition coefficient (Wildman–Crippen LogP) is 0.942. The summed E-state index contributed by atoms with van der Waals surface area (Å²) in [6, 6.07) is 1.37. The van der Waals surface area contributed by atoms with Gasteiger partial charge in [0.05, 0.1) is 18.4 Å². The van der Waals surface area contributed by atoms with E-state index in [1.54, 1.807) is 0 Å². The fourth-order valence-electron chi connectivity index (χ4n) is 1.22. The molecule has 88 valence electrons. The number of nitrogens with zero attached hydrogens (tertiary/aromatic N) is 1. The van der Waals surface area contributed by atoms with Crippen LogP contribution in [0.5, 0.6) is 5.75 Å². The minimum Gasteiger partial charge on any atom is -0.505 e. The number of carbonyl (C=O) groups excluding carboxylic acids is 1. The lowest BCUT2D eigenvalue weighted by molar-refractivity contribution is 0.0869. The smallest absolute Gasteiger partial charge is 0.255 e. The van der Waals surface area contributed by atoms with Gasteiger partial charge in [0, 0.05) is 18.8 Å². The SMILES string of the molecule is CCOCC(C)NC(=O)c1ccncc1O. The van der Waals surface area contributed by atoms with E-state index in [-0.39, 0.29) is 23.3 Å². The highest BCUT2D eigenvalue weighted by atomic mass is 16.5. The van der Waals surface area contributed by atoms with Crippen molar-refractivity contribution in [3.63, 3.8) is 0 Å². The zero-order valence-corrected chi connectivity index (χ0v) is 9.43. The van der Waals surface area contributed by atoms with Crippen molar-refractivity contribution in [2.75, 3.05) is 13.2 Å². The van der Waals surface area contributed by atoms with Crippen molar-refractivity contribution in [1.82, 2.24) is 10.3 Å². The number of pyridine rings is 1. The summed E-state index contributed by atoms with van der Waals surface area (Å²) in [5.41, 5.74) is 0.221. The molecule has 0 aliphatic carbocycles. The highest BCUT2D eigenvalue weighted by Gasteiger charge is 2.13. The second-order valence-electron chi connectivity index (χ2n) is 3.43. The summed E-state index contributed by atoms with van der Waals surface area (Å²) in [5, 5.41) is 12.1. The van der Waals surface area contributed by atoms with Gasteiger partial charge >= 0.3 is 0 Å². The van der Waals surface area contributed by atoms with Gasteiger partial charge < -0.3 is 15.2 Å². The monoisotopic (exact) mass is 224 g/mol. The van der Waals surface area contributed by atoms with Gasteiger partial charge in [-0.25, -0.2) is 0 Å². The first kappa shape index (κ1) is 12.4. The van der Waals surface area contributed by atoms with Crippen LogP contribution >= 0.6 is 0 Å². The maximum atomic E-state index is 11.7. The highest BCUT2D eigenvalue weighted by Crippen LogP contribution is 2.13. The van der Waals surface area contributed by atoms with E-state index in [0.29, 0.717) is 13.2 Å². The summed E-state index contributed by atoms with van der Waals surface area (Å²) in [5.74, 6) is -0.448. The molecular formula is C11H16N2O3. The summed E-state index contributed by atoms with van der Waals surface area (Å²) in [6.45, 7) is 4.80. The first-order valence-corrected chi connectivity index (χ1v) is 5.16. The van der Waals surface area contributed by atoms with Gasteiger partial charge in [0.1, 0.15) is 5.75 Å². The zero-order valence-electron chi connectivity index (χ0n) is 9.43. The van der Waals surface area contributed by atoms with E-state index >= 15 is 0 Å². The average molecular weight is 224 g/mol. The first-order chi connectivity index (χ1) is 7.65. The molecule has 16 heavy (non-hydrogen) atoms. The average Bonchev–Trinajstić information content (AvgIpc) is 2.26. The first-order valence-electron chi connectivity index (χ1n) is 5.16. The van der Waals surface area contributed by atoms with E-state index in [0.717, 1.165) is 0 Å². The van der Waals surface area contributed by atoms with Crippen molar-refractivity contribution >= 4 is 5.91 Å². The molecule has 2 N–H and O–H groups in total. The molecule has 0 spiro atoms. The molecule has 0 saturated carbocycles. The molecule has 0 radical (unpaired) electrons. The van der Waals surface area contributed by atoms with Crippen molar-refractivity contribution in [3.8, 4) is 5.75 Å². The standard InChI is InChI=1S/C11H16N2O3/c1-3-16-7-8(2)13-11(15)9-4-5-12-6-10(9)14/h4-6,8,14H,3,7H2,1-2H3,(H,13,15). The summed E-state index contributed by atoms with van der Waals surface area (Å²) in [6.07, 6.45) is 2.70. The number of hydrogen-bond donors (Lipinski definition) is 2. The largest absolute Gasteiger partial charge is 0.505 e. The molecule has 1 amide bonds. The Morgan fingerprint density at radius 2 is 2.44 bits per heavy atom. The summed E-state index contributed by atoms with van der Waals surface area (Å²) in [4.78, 5) is 15.4. The van der Waals surface area contributed by atoms with Crippen molar-refractivity contribution < 1.29 is 14.6 Å². The number of nitrogens with one attached hydrogen (secondary N) is 1. The quantitative estimate of drug-likeness (QED) is 0.780. The second-order valence-corrected chi connectivity index (χ2v) is 3.43. The van der Waals surface area contributed by atoms with Crippen molar-refractivity contribution in [3.05, 3.63) is 24.0 Å². The number of rotatable bonds is 5. The Hall–Kier alpha value is -1.62. The molecule has 5 nitrogen and oxygen atoms in total. The molecule has 0 bridgehead atoms. The lowest BCUT2D eigenvalue weighted by Crippen LogP contribution is -2.35. The molecule has 5 heteroatoms. The summed E-state index contributed by atoms with van der Waals surface area (Å²) >= 11 is 0. The Balaban J connectivity index is 2.56. The summed E-state index contributed by atoms with van der Waals surface area (Å²) in [7, 11) is 0. The minimum atomic E-state index is -0.327. The molecule has 1 heterocycles. The fourth-order valence-corrected chi connectivity index (χ4v) is 1.22. The maximum Gasteiger partial charge on any atom is 0.255 e. The maximum absolute atomic E-state index is 11.7. The highest BCUT2D eigenvalue weighted by molar-refractivity contribution is 5.96. The van der Waals surface area contributed by atoms with Crippen LogP contribution in [0, 0.1) is 0 Å². The summed E-state index contributed by atoms with van der Waals surface area (Å²) < 4.78 is 5.17. The molecule has 1 unspecified atom stereocenters. The number of ether oxygens (including phenoxy) is 1. The number of hydrogen-bond acceptors (Lipinski definition) is 4. The Bertz CT molecular complexity index is 355. The molecule has 1 atom stereocenters. The number of carbonyl (C=O) groups is 1. The molecule has 0 aromatic carbocycles. The van der Waals surface area contributed by atoms with E-state index in [4.69, 9.17) is 4.74 Å². The van der Waals surface area contributed by atoms with Crippen LogP contribution in [0.4, 0.5) is 0 Å². The third kappa shape index (κ3) is 3.51. The van der Waals surface area contributed by atoms with Crippen LogP contribution < -0.4 is 5.32 Å². The number of aromatic nitrogens is 1. The zero-order chi connectivity index (χ0) is 12.0. The minimum absolute atomic E-state index is 0.0972. The Morgan fingerprint density at radius 3 is 3.06 bits per heavy atom. The van der Waals surface area contributed by atoms with Crippen molar-refractivity contribution in [2.24, 2.45) is 0 Å². The van der Waals surface area contributed by atoms with Crippen molar-refractivity contribution in [1.29, 1.82) is 0 Å². The van der Waals surface area contributed by atoms with E-state index < -0.39 is 0 Å². The molecule has 1 aromatic rings. The van der Waals surface area contributed by atoms with Crippen LogP contribution in [-0.2, 0) is 4.74 Å². The van der Waals surface area contributed by atoms with E-state index in [9.17, 15) is 9.90 Å². The van der Waals surface area contributed by atoms with Crippen LogP contribution in [-0.4, -0.2) is 35.3 Å². The molecule has 0 aliphatic heterocycles. The van der Waals surface area contributed by atoms with Crippen LogP contribution in [0.1, 0.15) is 24.2 Å². The van der Waals surface area contributed by atoms with Gasteiger partial charge in [-0.2, -0.15) is 0 Å². The third-order valence-corrected chi connectivity index (χ3v) is 1.99. The second kappa shape index (κ2) is 6.07. The van der Waals surface area contributed by atoms with Gasteiger partial charge in [-0.3, -0.25) is 9.78 Å². The van der Waals surface area contributed by atoms with Crippen LogP contribution in [0.25, 0.3) is 0 Å². The van der Waals surface area contributed by atoms with Gasteiger partial charge in [-0.05, 0) is 19.9 Å². The van der Waals surface area contributed by atoms with Crippen molar-refractivity contribution in [2.45, 2.75) is 19.9 Å². The number of aromatic hydroxyl groups is 1. The molecule has 0 fully saturated rings. The predicted molar refractivity (Wildman–Crippen MR) is 59.3 cm³/mol. The molecule has 1 rings (SSSR count). The van der Waals surface area contributed by atoms with Crippen LogP contribution in [0.15, 0.2) is 18.5 Å². The van der Waals surface area contributed by atoms with Gasteiger partial charge in [0.15, 0.2) is 0 Å². The third-order valence-electron chi connectivity index (χ3n) is 1.99. The van der Waals surface area contributed by atoms with Gasteiger partial charge in [-0.1, -0.05) is 0 Å². The molecule has 0 aliphatic rings. The van der Waals surface area contributed by atoms with Crippen LogP contribution in [0.2, 0.25) is 0 Å². The van der Waals surface area contributed by atoms with Gasteiger partial charge in [0.25, 0.3) is 5.91 Å². The lowest BCUT2D eigenvalue weighted by Gasteiger charge is -2.13. The molecule has 1 aromatic heterocycles. The fraction of sp³-hybridized carbons (Fsp3) is 0.455. The Kier molecular flexibility index (Phi) is 4.72. The topological polar surface area (TPSA) is 71.5 Å². The lowest BCUT2D eigenvalue weighted by atomic mass is 10.2. The number of amides is 1. The van der Waals surface area contributed by atoms with Crippen LogP contribution in [0.3, 0.4) is 0 Å². The molecule has 0 saturated heterocycles. The Morgan fingerprint density at radius 1 is 1.69 bits per heavy atom.